The van der Waals surface area contributed by atoms with Gasteiger partial charge in [-0.1, -0.05) is 49.7 Å². The molecular formula is C16H17BrClNO. The fourth-order valence-electron chi connectivity index (χ4n) is 1.89. The Hall–Kier alpha value is -1.19. The van der Waals surface area contributed by atoms with Crippen molar-refractivity contribution in [1.82, 2.24) is 0 Å². The fraction of sp³-hybridized carbons (Fsp3) is 0.250. The number of benzene rings is 2. The molecule has 4 heteroatoms. The van der Waals surface area contributed by atoms with Crippen molar-refractivity contribution in [3.05, 3.63) is 57.0 Å². The van der Waals surface area contributed by atoms with Crippen molar-refractivity contribution in [3.63, 3.8) is 0 Å². The number of ether oxygens (including phenoxy) is 1. The van der Waals surface area contributed by atoms with Gasteiger partial charge in [0.2, 0.25) is 0 Å². The van der Waals surface area contributed by atoms with Gasteiger partial charge in [-0.25, -0.2) is 0 Å². The van der Waals surface area contributed by atoms with Crippen LogP contribution in [0.25, 0.3) is 0 Å². The molecule has 2 nitrogen and oxygen atoms in total. The van der Waals surface area contributed by atoms with E-state index in [1.165, 1.54) is 5.56 Å². The second-order valence-corrected chi connectivity index (χ2v) is 6.28. The van der Waals surface area contributed by atoms with E-state index < -0.39 is 0 Å². The number of halogens is 2. The van der Waals surface area contributed by atoms with Crippen LogP contribution >= 0.6 is 27.5 Å². The number of nitrogen functional groups attached to an aromatic ring is 1. The van der Waals surface area contributed by atoms with Crippen LogP contribution < -0.4 is 10.5 Å². The molecule has 2 rings (SSSR count). The first-order valence-electron chi connectivity index (χ1n) is 6.43. The molecule has 0 radical (unpaired) electrons. The number of anilines is 1. The highest BCUT2D eigenvalue weighted by molar-refractivity contribution is 9.10. The van der Waals surface area contributed by atoms with Crippen LogP contribution in [0.1, 0.15) is 30.9 Å². The van der Waals surface area contributed by atoms with Crippen LogP contribution in [0.4, 0.5) is 5.69 Å². The molecule has 0 saturated carbocycles. The Morgan fingerprint density at radius 1 is 1.20 bits per heavy atom. The van der Waals surface area contributed by atoms with Gasteiger partial charge >= 0.3 is 0 Å². The fourth-order valence-corrected chi connectivity index (χ4v) is 2.84. The van der Waals surface area contributed by atoms with Crippen molar-refractivity contribution < 1.29 is 4.74 Å². The van der Waals surface area contributed by atoms with Gasteiger partial charge in [-0.05, 0) is 45.1 Å². The number of hydrogen-bond acceptors (Lipinski definition) is 2. The zero-order valence-electron chi connectivity index (χ0n) is 11.5. The molecule has 0 saturated heterocycles. The second kappa shape index (κ2) is 6.51. The molecule has 2 aromatic rings. The van der Waals surface area contributed by atoms with Gasteiger partial charge in [-0.15, -0.1) is 0 Å². The maximum Gasteiger partial charge on any atom is 0.156 e. The van der Waals surface area contributed by atoms with Gasteiger partial charge in [-0.2, -0.15) is 0 Å². The Labute approximate surface area is 133 Å². The molecule has 0 aromatic heterocycles. The van der Waals surface area contributed by atoms with Gasteiger partial charge in [0, 0.05) is 5.02 Å². The average Bonchev–Trinajstić information content (AvgIpc) is 2.38. The Balaban J connectivity index is 2.09. The van der Waals surface area contributed by atoms with Crippen molar-refractivity contribution in [2.45, 2.75) is 26.4 Å². The van der Waals surface area contributed by atoms with E-state index in [0.29, 0.717) is 29.0 Å². The van der Waals surface area contributed by atoms with Gasteiger partial charge in [0.1, 0.15) is 6.61 Å². The second-order valence-electron chi connectivity index (χ2n) is 4.99. The summed E-state index contributed by atoms with van der Waals surface area (Å²) in [7, 11) is 0. The van der Waals surface area contributed by atoms with Crippen LogP contribution in [0.3, 0.4) is 0 Å². The highest BCUT2D eigenvalue weighted by Gasteiger charge is 2.08. The summed E-state index contributed by atoms with van der Waals surface area (Å²) >= 11 is 9.33. The maximum absolute atomic E-state index is 5.92. The first-order valence-corrected chi connectivity index (χ1v) is 7.60. The molecule has 0 spiro atoms. The first kappa shape index (κ1) is 15.2. The quantitative estimate of drug-likeness (QED) is 0.747. The van der Waals surface area contributed by atoms with E-state index in [0.717, 1.165) is 10.0 Å². The molecule has 0 atom stereocenters. The summed E-state index contributed by atoms with van der Waals surface area (Å²) in [6, 6.07) is 11.9. The predicted molar refractivity (Wildman–Crippen MR) is 88.4 cm³/mol. The molecule has 0 unspecified atom stereocenters. The van der Waals surface area contributed by atoms with Crippen LogP contribution in [-0.2, 0) is 6.61 Å². The minimum Gasteiger partial charge on any atom is -0.486 e. The van der Waals surface area contributed by atoms with Crippen molar-refractivity contribution in [1.29, 1.82) is 0 Å². The van der Waals surface area contributed by atoms with Crippen molar-refractivity contribution in [2.24, 2.45) is 0 Å². The molecule has 0 fully saturated rings. The molecular weight excluding hydrogens is 338 g/mol. The van der Waals surface area contributed by atoms with Gasteiger partial charge in [-0.3, -0.25) is 0 Å². The summed E-state index contributed by atoms with van der Waals surface area (Å²) in [5.74, 6) is 1.16. The topological polar surface area (TPSA) is 35.2 Å². The predicted octanol–water partition coefficient (Wildman–Crippen LogP) is 5.39. The Bertz CT molecular complexity index is 573. The molecule has 0 amide bonds. The largest absolute Gasteiger partial charge is 0.486 e. The van der Waals surface area contributed by atoms with Gasteiger partial charge in [0.15, 0.2) is 5.75 Å². The highest BCUT2D eigenvalue weighted by Crippen LogP contribution is 2.35. The SMILES string of the molecule is CC(C)c1ccc(COc2c(N)cc(Cl)cc2Br)cc1. The highest BCUT2D eigenvalue weighted by atomic mass is 79.9. The van der Waals surface area contributed by atoms with Crippen LogP contribution in [0.5, 0.6) is 5.75 Å². The van der Waals surface area contributed by atoms with Crippen molar-refractivity contribution >= 4 is 33.2 Å². The number of rotatable bonds is 4. The third kappa shape index (κ3) is 3.68. The lowest BCUT2D eigenvalue weighted by molar-refractivity contribution is 0.306. The minimum atomic E-state index is 0.475. The van der Waals surface area contributed by atoms with Crippen LogP contribution in [0.15, 0.2) is 40.9 Å². The molecule has 0 aliphatic carbocycles. The van der Waals surface area contributed by atoms with E-state index in [-0.39, 0.29) is 0 Å². The lowest BCUT2D eigenvalue weighted by Gasteiger charge is -2.12. The Kier molecular flexibility index (Phi) is 4.95. The summed E-state index contributed by atoms with van der Waals surface area (Å²) < 4.78 is 6.54. The van der Waals surface area contributed by atoms with Gasteiger partial charge < -0.3 is 10.5 Å². The summed E-state index contributed by atoms with van der Waals surface area (Å²) in [6.07, 6.45) is 0. The van der Waals surface area contributed by atoms with Crippen molar-refractivity contribution in [2.75, 3.05) is 5.73 Å². The smallest absolute Gasteiger partial charge is 0.156 e. The van der Waals surface area contributed by atoms with E-state index in [1.807, 2.05) is 0 Å². The van der Waals surface area contributed by atoms with E-state index in [4.69, 9.17) is 22.1 Å². The van der Waals surface area contributed by atoms with E-state index in [1.54, 1.807) is 12.1 Å². The third-order valence-corrected chi connectivity index (χ3v) is 3.87. The van der Waals surface area contributed by atoms with E-state index in [2.05, 4.69) is 54.0 Å². The molecule has 0 aliphatic rings. The molecule has 0 heterocycles. The molecule has 0 bridgehead atoms. The summed E-state index contributed by atoms with van der Waals surface area (Å²) in [5.41, 5.74) is 8.87. The minimum absolute atomic E-state index is 0.475. The molecule has 2 N–H and O–H groups in total. The van der Waals surface area contributed by atoms with Gasteiger partial charge in [0.05, 0.1) is 10.2 Å². The standard InChI is InChI=1S/C16H17BrClNO/c1-10(2)12-5-3-11(4-6-12)9-20-16-14(17)7-13(18)8-15(16)19/h3-8,10H,9,19H2,1-2H3. The van der Waals surface area contributed by atoms with Crippen LogP contribution in [0.2, 0.25) is 5.02 Å². The maximum atomic E-state index is 5.92. The van der Waals surface area contributed by atoms with E-state index >= 15 is 0 Å². The summed E-state index contributed by atoms with van der Waals surface area (Å²) in [4.78, 5) is 0. The average molecular weight is 355 g/mol. The summed E-state index contributed by atoms with van der Waals surface area (Å²) in [5, 5.41) is 0.586. The van der Waals surface area contributed by atoms with Crippen LogP contribution in [-0.4, -0.2) is 0 Å². The summed E-state index contributed by atoms with van der Waals surface area (Å²) in [6.45, 7) is 4.83. The Morgan fingerprint density at radius 3 is 2.40 bits per heavy atom. The number of hydrogen-bond donors (Lipinski definition) is 1. The van der Waals surface area contributed by atoms with Crippen molar-refractivity contribution in [3.8, 4) is 5.75 Å². The monoisotopic (exact) mass is 353 g/mol. The normalized spacial score (nSPS) is 10.8. The van der Waals surface area contributed by atoms with Gasteiger partial charge in [0.25, 0.3) is 0 Å². The van der Waals surface area contributed by atoms with Crippen LogP contribution in [0, 0.1) is 0 Å². The molecule has 20 heavy (non-hydrogen) atoms. The lowest BCUT2D eigenvalue weighted by Crippen LogP contribution is -2.00. The first-order chi connectivity index (χ1) is 9.47. The third-order valence-electron chi connectivity index (χ3n) is 3.07. The van der Waals surface area contributed by atoms with E-state index in [9.17, 15) is 0 Å². The molecule has 106 valence electrons. The number of nitrogens with two attached hydrogens (primary N) is 1. The Morgan fingerprint density at radius 2 is 1.85 bits per heavy atom. The lowest BCUT2D eigenvalue weighted by atomic mass is 10.0. The zero-order valence-corrected chi connectivity index (χ0v) is 13.8. The molecule has 2 aromatic carbocycles. The molecule has 0 aliphatic heterocycles. The zero-order chi connectivity index (χ0) is 14.7.